The van der Waals surface area contributed by atoms with E-state index in [-0.39, 0.29) is 6.54 Å². The lowest BCUT2D eigenvalue weighted by atomic mass is 10.1. The van der Waals surface area contributed by atoms with Crippen molar-refractivity contribution in [2.24, 2.45) is 0 Å². The molecular weight excluding hydrogens is 427 g/mol. The van der Waals surface area contributed by atoms with Gasteiger partial charge in [0.1, 0.15) is 4.90 Å². The Labute approximate surface area is 178 Å². The lowest BCUT2D eigenvalue weighted by Crippen LogP contribution is -2.32. The molecule has 1 N–H and O–H groups in total. The number of pyridine rings is 1. The van der Waals surface area contributed by atoms with Gasteiger partial charge in [-0.15, -0.1) is 0 Å². The molecule has 0 unspecified atom stereocenters. The lowest BCUT2D eigenvalue weighted by Gasteiger charge is -2.28. The van der Waals surface area contributed by atoms with Crippen molar-refractivity contribution >= 4 is 32.1 Å². The van der Waals surface area contributed by atoms with Gasteiger partial charge in [-0.3, -0.25) is 0 Å². The lowest BCUT2D eigenvalue weighted by molar-refractivity contribution is 0.428. The number of benzene rings is 2. The number of rotatable bonds is 6. The summed E-state index contributed by atoms with van der Waals surface area (Å²) in [6.45, 7) is 0.729. The van der Waals surface area contributed by atoms with Gasteiger partial charge in [0.25, 0.3) is 5.95 Å². The van der Waals surface area contributed by atoms with E-state index >= 15 is 4.39 Å². The first-order valence-corrected chi connectivity index (χ1v) is 11.8. The van der Waals surface area contributed by atoms with Crippen LogP contribution in [0.25, 0.3) is 10.8 Å². The molecule has 1 aromatic heterocycles. The zero-order chi connectivity index (χ0) is 22.0. The van der Waals surface area contributed by atoms with E-state index in [1.54, 1.807) is 6.07 Å². The molecule has 5 nitrogen and oxygen atoms in total. The van der Waals surface area contributed by atoms with Crippen molar-refractivity contribution < 1.29 is 21.6 Å². The molecule has 1 aliphatic heterocycles. The van der Waals surface area contributed by atoms with Crippen LogP contribution in [0, 0.1) is 17.6 Å². The second-order valence-electron chi connectivity index (χ2n) is 7.50. The molecule has 1 fully saturated rings. The summed E-state index contributed by atoms with van der Waals surface area (Å²) in [4.78, 5) is 3.58. The van der Waals surface area contributed by atoms with Gasteiger partial charge in [-0.05, 0) is 30.7 Å². The molecule has 9 heteroatoms. The average molecular weight is 449 g/mol. The highest BCUT2D eigenvalue weighted by Crippen LogP contribution is 2.30. The maximum Gasteiger partial charge on any atom is 0.252 e. The van der Waals surface area contributed by atoms with E-state index in [1.807, 2.05) is 36.4 Å². The molecule has 0 atom stereocenters. The molecule has 1 saturated heterocycles. The Balaban J connectivity index is 1.59. The van der Waals surface area contributed by atoms with Crippen molar-refractivity contribution in [1.29, 1.82) is 0 Å². The number of sulfone groups is 1. The highest BCUT2D eigenvalue weighted by molar-refractivity contribution is 7.91. The fourth-order valence-electron chi connectivity index (χ4n) is 3.87. The number of hydrogen-bond donors (Lipinski definition) is 1. The number of fused-ring (bicyclic) bond motifs is 1. The number of hydrogen-bond acceptors (Lipinski definition) is 5. The second kappa shape index (κ2) is 8.74. The highest BCUT2D eigenvalue weighted by Gasteiger charge is 2.32. The number of halogens is 3. The molecule has 0 amide bonds. The van der Waals surface area contributed by atoms with E-state index < -0.39 is 43.9 Å². The van der Waals surface area contributed by atoms with Crippen LogP contribution in [0.3, 0.4) is 0 Å². The fourth-order valence-corrected chi connectivity index (χ4v) is 5.17. The molecule has 0 radical (unpaired) electrons. The Bertz CT molecular complexity index is 1210. The molecule has 164 valence electrons. The minimum absolute atomic E-state index is 0.0990. The minimum Gasteiger partial charge on any atom is -0.384 e. The molecule has 0 spiro atoms. The van der Waals surface area contributed by atoms with E-state index in [2.05, 4.69) is 10.3 Å². The van der Waals surface area contributed by atoms with E-state index in [0.29, 0.717) is 18.8 Å². The van der Waals surface area contributed by atoms with Crippen LogP contribution >= 0.6 is 0 Å². The van der Waals surface area contributed by atoms with Crippen molar-refractivity contribution in [3.05, 3.63) is 60.0 Å². The third-order valence-corrected chi connectivity index (χ3v) is 7.14. The highest BCUT2D eigenvalue weighted by atomic mass is 32.2. The molecule has 31 heavy (non-hydrogen) atoms. The summed E-state index contributed by atoms with van der Waals surface area (Å²) < 4.78 is 69.1. The zero-order valence-corrected chi connectivity index (χ0v) is 17.6. The summed E-state index contributed by atoms with van der Waals surface area (Å²) in [5.41, 5.74) is 0.698. The number of nitrogens with one attached hydrogen (secondary N) is 1. The van der Waals surface area contributed by atoms with Crippen molar-refractivity contribution in [2.45, 2.75) is 24.2 Å². The summed E-state index contributed by atoms with van der Waals surface area (Å²) >= 11 is 0. The van der Waals surface area contributed by atoms with Gasteiger partial charge >= 0.3 is 0 Å². The van der Waals surface area contributed by atoms with E-state index in [4.69, 9.17) is 0 Å². The summed E-state index contributed by atoms with van der Waals surface area (Å²) in [6, 6.07) is 13.1. The van der Waals surface area contributed by atoms with Gasteiger partial charge in [-0.2, -0.15) is 9.37 Å². The van der Waals surface area contributed by atoms with Gasteiger partial charge in [-0.1, -0.05) is 36.4 Å². The molecule has 0 saturated carbocycles. The Kier molecular flexibility index (Phi) is 6.04. The van der Waals surface area contributed by atoms with Crippen LogP contribution in [-0.2, 0) is 9.84 Å². The monoisotopic (exact) mass is 449 g/mol. The zero-order valence-electron chi connectivity index (χ0n) is 16.7. The summed E-state index contributed by atoms with van der Waals surface area (Å²) in [6.07, 6.45) is 2.43. The molecule has 2 heterocycles. The quantitative estimate of drug-likeness (QED) is 0.561. The first kappa shape index (κ1) is 21.4. The van der Waals surface area contributed by atoms with Gasteiger partial charge in [0.05, 0.1) is 5.75 Å². The van der Waals surface area contributed by atoms with E-state index in [0.717, 1.165) is 30.0 Å². The largest absolute Gasteiger partial charge is 0.384 e. The first-order valence-electron chi connectivity index (χ1n) is 10.1. The van der Waals surface area contributed by atoms with Crippen molar-refractivity contribution in [2.75, 3.05) is 35.6 Å². The van der Waals surface area contributed by atoms with Crippen LogP contribution in [0.1, 0.15) is 19.3 Å². The molecule has 0 bridgehead atoms. The third kappa shape index (κ3) is 4.32. The Morgan fingerprint density at radius 1 is 0.935 bits per heavy atom. The predicted octanol–water partition coefficient (Wildman–Crippen LogP) is 4.53. The predicted molar refractivity (Wildman–Crippen MR) is 115 cm³/mol. The Morgan fingerprint density at radius 2 is 1.65 bits per heavy atom. The van der Waals surface area contributed by atoms with Gasteiger partial charge in [0.2, 0.25) is 0 Å². The molecule has 1 aliphatic rings. The molecule has 2 aromatic carbocycles. The Hall–Kier alpha value is -2.81. The molecule has 0 aliphatic carbocycles. The number of piperidine rings is 1. The molecule has 4 rings (SSSR count). The van der Waals surface area contributed by atoms with Crippen LogP contribution in [0.4, 0.5) is 24.7 Å². The van der Waals surface area contributed by atoms with Gasteiger partial charge in [0.15, 0.2) is 27.3 Å². The van der Waals surface area contributed by atoms with Gasteiger partial charge in [-0.25, -0.2) is 17.2 Å². The van der Waals surface area contributed by atoms with Gasteiger partial charge in [0, 0.05) is 30.7 Å². The SMILES string of the molecule is O=S(=O)(CCNc1cccc2ccccc12)c1c(F)c(F)nc(N2CCCCC2)c1F. The summed E-state index contributed by atoms with van der Waals surface area (Å²) in [7, 11) is -4.45. The second-order valence-corrected chi connectivity index (χ2v) is 9.55. The van der Waals surface area contributed by atoms with E-state index in [9.17, 15) is 17.2 Å². The van der Waals surface area contributed by atoms with Crippen LogP contribution in [0.2, 0.25) is 0 Å². The topological polar surface area (TPSA) is 62.3 Å². The normalized spacial score (nSPS) is 14.7. The molecule has 3 aromatic rings. The Morgan fingerprint density at radius 3 is 2.42 bits per heavy atom. The third-order valence-electron chi connectivity index (χ3n) is 5.42. The van der Waals surface area contributed by atoms with Crippen molar-refractivity contribution in [1.82, 2.24) is 4.98 Å². The minimum atomic E-state index is -4.45. The smallest absolute Gasteiger partial charge is 0.252 e. The number of nitrogens with zero attached hydrogens (tertiary/aromatic N) is 2. The summed E-state index contributed by atoms with van der Waals surface area (Å²) in [5, 5.41) is 4.86. The van der Waals surface area contributed by atoms with Crippen molar-refractivity contribution in [3.8, 4) is 0 Å². The van der Waals surface area contributed by atoms with Crippen LogP contribution < -0.4 is 10.2 Å². The molecular formula is C22H22F3N3O2S. The standard InChI is InChI=1S/C22H22F3N3O2S/c23-18-20(19(24)22(27-21(18)25)28-12-4-1-5-13-28)31(29,30)14-11-26-17-10-6-8-15-7-2-3-9-16(15)17/h2-3,6-10,26H,1,4-5,11-14H2. The van der Waals surface area contributed by atoms with E-state index in [1.165, 1.54) is 4.90 Å². The fraction of sp³-hybridized carbons (Fsp3) is 0.318. The van der Waals surface area contributed by atoms with Crippen LogP contribution in [-0.4, -0.2) is 38.8 Å². The summed E-state index contributed by atoms with van der Waals surface area (Å²) in [5.74, 6) is -5.76. The van der Waals surface area contributed by atoms with Crippen molar-refractivity contribution in [3.63, 3.8) is 0 Å². The maximum atomic E-state index is 15.0. The maximum absolute atomic E-state index is 15.0. The van der Waals surface area contributed by atoms with Crippen LogP contribution in [0.5, 0.6) is 0 Å². The first-order chi connectivity index (χ1) is 14.9. The van der Waals surface area contributed by atoms with Gasteiger partial charge < -0.3 is 10.2 Å². The average Bonchev–Trinajstić information content (AvgIpc) is 2.77. The number of aromatic nitrogens is 1. The number of anilines is 2. The van der Waals surface area contributed by atoms with Crippen LogP contribution in [0.15, 0.2) is 47.4 Å².